The Hall–Kier alpha value is -2.86. The van der Waals surface area contributed by atoms with Crippen molar-refractivity contribution in [2.45, 2.75) is 19.8 Å². The molecular formula is C13H11N7OS. The molecule has 0 aromatic carbocycles. The average Bonchev–Trinajstić information content (AvgIpc) is 3.09. The standard InChI is InChI=1S/C13H11N7OS/c1-7-5-8(2)20-13(16-7)18-12(19-20)17-10(21)9(6-14)11-15-3-4-22-11/h3-5,9H,1-2H3,(H,17,19,21). The number of amides is 1. The molecule has 0 saturated carbocycles. The predicted molar refractivity (Wildman–Crippen MR) is 79.4 cm³/mol. The molecule has 0 spiro atoms. The molecule has 3 aromatic rings. The summed E-state index contributed by atoms with van der Waals surface area (Å²) in [5.41, 5.74) is 1.67. The Morgan fingerprint density at radius 3 is 2.95 bits per heavy atom. The fraction of sp³-hybridized carbons (Fsp3) is 0.231. The number of nitriles is 1. The second-order valence-corrected chi connectivity index (χ2v) is 5.53. The quantitative estimate of drug-likeness (QED) is 0.783. The van der Waals surface area contributed by atoms with E-state index in [1.807, 2.05) is 26.0 Å². The molecular weight excluding hydrogens is 302 g/mol. The van der Waals surface area contributed by atoms with Gasteiger partial charge in [-0.1, -0.05) is 0 Å². The lowest BCUT2D eigenvalue weighted by Gasteiger charge is -2.04. The van der Waals surface area contributed by atoms with Crippen molar-refractivity contribution in [3.63, 3.8) is 0 Å². The summed E-state index contributed by atoms with van der Waals surface area (Å²) in [6.07, 6.45) is 1.55. The van der Waals surface area contributed by atoms with E-state index in [2.05, 4.69) is 25.4 Å². The number of thiazole rings is 1. The highest BCUT2D eigenvalue weighted by molar-refractivity contribution is 7.09. The maximum Gasteiger partial charge on any atom is 0.254 e. The van der Waals surface area contributed by atoms with Gasteiger partial charge in [0, 0.05) is 23.0 Å². The zero-order chi connectivity index (χ0) is 15.7. The Balaban J connectivity index is 1.88. The zero-order valence-electron chi connectivity index (χ0n) is 11.8. The molecule has 22 heavy (non-hydrogen) atoms. The summed E-state index contributed by atoms with van der Waals surface area (Å²) in [5, 5.41) is 18.0. The number of aromatic nitrogens is 5. The van der Waals surface area contributed by atoms with E-state index in [1.54, 1.807) is 11.6 Å². The van der Waals surface area contributed by atoms with E-state index in [1.165, 1.54) is 15.9 Å². The molecule has 3 aromatic heterocycles. The number of carbonyl (C=O) groups is 1. The van der Waals surface area contributed by atoms with Crippen LogP contribution in [0.4, 0.5) is 5.95 Å². The highest BCUT2D eigenvalue weighted by atomic mass is 32.1. The molecule has 9 heteroatoms. The van der Waals surface area contributed by atoms with Gasteiger partial charge in [-0.25, -0.2) is 9.97 Å². The van der Waals surface area contributed by atoms with Crippen LogP contribution in [0.25, 0.3) is 5.78 Å². The van der Waals surface area contributed by atoms with Crippen LogP contribution in [0.15, 0.2) is 17.6 Å². The van der Waals surface area contributed by atoms with E-state index in [9.17, 15) is 4.79 Å². The summed E-state index contributed by atoms with van der Waals surface area (Å²) in [5.74, 6) is -0.983. The zero-order valence-corrected chi connectivity index (χ0v) is 12.6. The Labute approximate surface area is 129 Å². The van der Waals surface area contributed by atoms with Crippen LogP contribution < -0.4 is 5.32 Å². The van der Waals surface area contributed by atoms with E-state index in [0.717, 1.165) is 11.4 Å². The molecule has 0 saturated heterocycles. The maximum atomic E-state index is 12.2. The van der Waals surface area contributed by atoms with Crippen molar-refractivity contribution in [3.8, 4) is 6.07 Å². The number of hydrogen-bond acceptors (Lipinski definition) is 7. The number of hydrogen-bond donors (Lipinski definition) is 1. The van der Waals surface area contributed by atoms with Gasteiger partial charge in [-0.15, -0.1) is 16.4 Å². The van der Waals surface area contributed by atoms with Crippen molar-refractivity contribution in [1.29, 1.82) is 5.26 Å². The van der Waals surface area contributed by atoms with Gasteiger partial charge in [-0.05, 0) is 19.9 Å². The van der Waals surface area contributed by atoms with Gasteiger partial charge in [0.2, 0.25) is 0 Å². The first-order chi connectivity index (χ1) is 10.6. The van der Waals surface area contributed by atoms with E-state index >= 15 is 0 Å². The van der Waals surface area contributed by atoms with Gasteiger partial charge in [0.25, 0.3) is 17.6 Å². The maximum absolute atomic E-state index is 12.2. The monoisotopic (exact) mass is 313 g/mol. The third-order valence-corrected chi connectivity index (χ3v) is 3.78. The minimum absolute atomic E-state index is 0.114. The topological polar surface area (TPSA) is 109 Å². The Morgan fingerprint density at radius 1 is 1.45 bits per heavy atom. The fourth-order valence-electron chi connectivity index (χ4n) is 2.00. The predicted octanol–water partition coefficient (Wildman–Crippen LogP) is 1.44. The molecule has 1 amide bonds. The van der Waals surface area contributed by atoms with Gasteiger partial charge in [-0.2, -0.15) is 14.8 Å². The molecule has 0 aliphatic carbocycles. The first-order valence-corrected chi connectivity index (χ1v) is 7.27. The fourth-order valence-corrected chi connectivity index (χ4v) is 2.68. The van der Waals surface area contributed by atoms with Crippen LogP contribution in [0.2, 0.25) is 0 Å². The molecule has 0 bridgehead atoms. The third kappa shape index (κ3) is 2.51. The summed E-state index contributed by atoms with van der Waals surface area (Å²) >= 11 is 1.25. The Kier molecular flexibility index (Phi) is 3.52. The number of nitrogens with one attached hydrogen (secondary N) is 1. The summed E-state index contributed by atoms with van der Waals surface area (Å²) in [4.78, 5) is 24.6. The number of fused-ring (bicyclic) bond motifs is 1. The van der Waals surface area contributed by atoms with Gasteiger partial charge in [-0.3, -0.25) is 10.1 Å². The smallest absolute Gasteiger partial charge is 0.254 e. The van der Waals surface area contributed by atoms with Crippen molar-refractivity contribution in [3.05, 3.63) is 34.0 Å². The van der Waals surface area contributed by atoms with Crippen LogP contribution in [0, 0.1) is 25.2 Å². The number of anilines is 1. The van der Waals surface area contributed by atoms with Gasteiger partial charge in [0.15, 0.2) is 5.92 Å². The van der Waals surface area contributed by atoms with E-state index < -0.39 is 11.8 Å². The molecule has 0 radical (unpaired) electrons. The van der Waals surface area contributed by atoms with Gasteiger partial charge < -0.3 is 0 Å². The van der Waals surface area contributed by atoms with E-state index in [-0.39, 0.29) is 5.95 Å². The number of carbonyl (C=O) groups excluding carboxylic acids is 1. The SMILES string of the molecule is Cc1cc(C)n2nc(NC(=O)C(C#N)c3nccs3)nc2n1. The Morgan fingerprint density at radius 2 is 2.27 bits per heavy atom. The molecule has 1 N–H and O–H groups in total. The first kappa shape index (κ1) is 14.1. The van der Waals surface area contributed by atoms with Crippen LogP contribution >= 0.6 is 11.3 Å². The number of rotatable bonds is 3. The second-order valence-electron chi connectivity index (χ2n) is 4.61. The van der Waals surface area contributed by atoms with Crippen LogP contribution in [0.3, 0.4) is 0 Å². The molecule has 0 fully saturated rings. The van der Waals surface area contributed by atoms with E-state index in [4.69, 9.17) is 5.26 Å². The minimum Gasteiger partial charge on any atom is -0.292 e. The van der Waals surface area contributed by atoms with Gasteiger partial charge >= 0.3 is 0 Å². The summed E-state index contributed by atoms with van der Waals surface area (Å²) in [6, 6.07) is 3.80. The third-order valence-electron chi connectivity index (χ3n) is 2.94. The lowest BCUT2D eigenvalue weighted by Crippen LogP contribution is -2.20. The summed E-state index contributed by atoms with van der Waals surface area (Å²) in [6.45, 7) is 3.73. The van der Waals surface area contributed by atoms with Crippen LogP contribution in [-0.4, -0.2) is 30.5 Å². The van der Waals surface area contributed by atoms with Crippen LogP contribution in [0.5, 0.6) is 0 Å². The molecule has 1 atom stereocenters. The molecule has 0 aliphatic rings. The largest absolute Gasteiger partial charge is 0.292 e. The highest BCUT2D eigenvalue weighted by Gasteiger charge is 2.24. The van der Waals surface area contributed by atoms with E-state index in [0.29, 0.717) is 10.8 Å². The molecule has 3 heterocycles. The lowest BCUT2D eigenvalue weighted by molar-refractivity contribution is -0.116. The normalized spacial score (nSPS) is 12.0. The molecule has 110 valence electrons. The molecule has 3 rings (SSSR count). The second kappa shape index (κ2) is 5.50. The number of aryl methyl sites for hydroxylation is 2. The van der Waals surface area contributed by atoms with Crippen molar-refractivity contribution in [2.24, 2.45) is 0 Å². The van der Waals surface area contributed by atoms with Crippen LogP contribution in [-0.2, 0) is 4.79 Å². The molecule has 1 unspecified atom stereocenters. The summed E-state index contributed by atoms with van der Waals surface area (Å²) in [7, 11) is 0. The highest BCUT2D eigenvalue weighted by Crippen LogP contribution is 2.19. The van der Waals surface area contributed by atoms with Crippen LogP contribution in [0.1, 0.15) is 22.3 Å². The van der Waals surface area contributed by atoms with Crippen molar-refractivity contribution >= 4 is 29.0 Å². The molecule has 8 nitrogen and oxygen atoms in total. The summed E-state index contributed by atoms with van der Waals surface area (Å²) < 4.78 is 1.54. The van der Waals surface area contributed by atoms with Gasteiger partial charge in [0.1, 0.15) is 5.01 Å². The average molecular weight is 313 g/mol. The van der Waals surface area contributed by atoms with Gasteiger partial charge in [0.05, 0.1) is 6.07 Å². The van der Waals surface area contributed by atoms with Crippen molar-refractivity contribution in [2.75, 3.05) is 5.32 Å². The Bertz CT molecular complexity index is 878. The lowest BCUT2D eigenvalue weighted by atomic mass is 10.2. The van der Waals surface area contributed by atoms with Crippen molar-refractivity contribution < 1.29 is 4.79 Å². The number of nitrogens with zero attached hydrogens (tertiary/aromatic N) is 6. The minimum atomic E-state index is -0.984. The molecule has 0 aliphatic heterocycles. The van der Waals surface area contributed by atoms with Crippen molar-refractivity contribution in [1.82, 2.24) is 24.6 Å². The first-order valence-electron chi connectivity index (χ1n) is 6.39.